The van der Waals surface area contributed by atoms with Crippen LogP contribution in [-0.2, 0) is 0 Å². The second kappa shape index (κ2) is 7.29. The Kier molecular flexibility index (Phi) is 5.67. The van der Waals surface area contributed by atoms with Gasteiger partial charge in [0.1, 0.15) is 11.5 Å². The molecule has 1 aromatic heterocycles. The van der Waals surface area contributed by atoms with Gasteiger partial charge in [-0.2, -0.15) is 0 Å². The van der Waals surface area contributed by atoms with Gasteiger partial charge in [-0.3, -0.25) is 0 Å². The zero-order valence-electron chi connectivity index (χ0n) is 12.7. The minimum atomic E-state index is 0.102. The molecule has 5 heteroatoms. The van der Waals surface area contributed by atoms with Crippen LogP contribution in [0.15, 0.2) is 28.7 Å². The molecule has 0 saturated carbocycles. The summed E-state index contributed by atoms with van der Waals surface area (Å²) in [6.07, 6.45) is 0. The SMILES string of the molecule is CCNC(c1ccc(C)s1)c1cc(OC)c(Br)cc1OC. The number of halogens is 1. The molecular weight excluding hydrogens is 350 g/mol. The van der Waals surface area contributed by atoms with Gasteiger partial charge in [-0.15, -0.1) is 11.3 Å². The minimum absolute atomic E-state index is 0.102. The molecule has 0 spiro atoms. The summed E-state index contributed by atoms with van der Waals surface area (Å²) in [4.78, 5) is 2.58. The lowest BCUT2D eigenvalue weighted by molar-refractivity contribution is 0.392. The molecule has 1 heterocycles. The first-order valence-electron chi connectivity index (χ1n) is 6.81. The summed E-state index contributed by atoms with van der Waals surface area (Å²) >= 11 is 5.30. The maximum absolute atomic E-state index is 5.56. The van der Waals surface area contributed by atoms with Gasteiger partial charge in [-0.1, -0.05) is 6.92 Å². The molecule has 1 unspecified atom stereocenters. The highest BCUT2D eigenvalue weighted by atomic mass is 79.9. The fraction of sp³-hybridized carbons (Fsp3) is 0.375. The summed E-state index contributed by atoms with van der Waals surface area (Å²) in [6, 6.07) is 8.41. The third kappa shape index (κ3) is 3.59. The molecule has 114 valence electrons. The molecule has 0 aliphatic carbocycles. The molecule has 1 atom stereocenters. The van der Waals surface area contributed by atoms with E-state index in [0.29, 0.717) is 0 Å². The van der Waals surface area contributed by atoms with Gasteiger partial charge in [0, 0.05) is 15.3 Å². The standard InChI is InChI=1S/C16H20BrNO2S/c1-5-18-16(15-7-6-10(2)21-15)11-8-14(20-4)12(17)9-13(11)19-3/h6-9,16,18H,5H2,1-4H3. The quantitative estimate of drug-likeness (QED) is 0.810. The monoisotopic (exact) mass is 369 g/mol. The lowest BCUT2D eigenvalue weighted by atomic mass is 10.0. The fourth-order valence-electron chi connectivity index (χ4n) is 2.29. The second-order valence-electron chi connectivity index (χ2n) is 4.67. The Morgan fingerprint density at radius 2 is 1.90 bits per heavy atom. The fourth-order valence-corrected chi connectivity index (χ4v) is 3.74. The van der Waals surface area contributed by atoms with E-state index < -0.39 is 0 Å². The average molecular weight is 370 g/mol. The summed E-state index contributed by atoms with van der Waals surface area (Å²) in [5.41, 5.74) is 1.08. The smallest absolute Gasteiger partial charge is 0.133 e. The molecule has 2 rings (SSSR count). The van der Waals surface area contributed by atoms with Crippen molar-refractivity contribution in [1.29, 1.82) is 0 Å². The van der Waals surface area contributed by atoms with E-state index >= 15 is 0 Å². The van der Waals surface area contributed by atoms with Crippen LogP contribution < -0.4 is 14.8 Å². The van der Waals surface area contributed by atoms with Crippen LogP contribution in [0, 0.1) is 6.92 Å². The number of hydrogen-bond donors (Lipinski definition) is 1. The zero-order chi connectivity index (χ0) is 15.4. The number of nitrogens with one attached hydrogen (secondary N) is 1. The molecule has 0 amide bonds. The van der Waals surface area contributed by atoms with Gasteiger partial charge in [0.15, 0.2) is 0 Å². The van der Waals surface area contributed by atoms with E-state index in [1.807, 2.05) is 12.1 Å². The van der Waals surface area contributed by atoms with Crippen LogP contribution >= 0.6 is 27.3 Å². The predicted molar refractivity (Wildman–Crippen MR) is 91.8 cm³/mol. The first-order valence-corrected chi connectivity index (χ1v) is 8.42. The van der Waals surface area contributed by atoms with Crippen molar-refractivity contribution in [2.75, 3.05) is 20.8 Å². The molecule has 0 radical (unpaired) electrons. The van der Waals surface area contributed by atoms with E-state index in [2.05, 4.69) is 47.2 Å². The lowest BCUT2D eigenvalue weighted by Crippen LogP contribution is -2.21. The van der Waals surface area contributed by atoms with Gasteiger partial charge < -0.3 is 14.8 Å². The summed E-state index contributed by atoms with van der Waals surface area (Å²) in [5, 5.41) is 3.53. The molecule has 0 saturated heterocycles. The van der Waals surface area contributed by atoms with Crippen LogP contribution in [0.5, 0.6) is 11.5 Å². The van der Waals surface area contributed by atoms with Gasteiger partial charge >= 0.3 is 0 Å². The van der Waals surface area contributed by atoms with E-state index in [9.17, 15) is 0 Å². The van der Waals surface area contributed by atoms with Crippen LogP contribution in [0.25, 0.3) is 0 Å². The highest BCUT2D eigenvalue weighted by molar-refractivity contribution is 9.10. The number of hydrogen-bond acceptors (Lipinski definition) is 4. The molecule has 0 fully saturated rings. The van der Waals surface area contributed by atoms with Gasteiger partial charge in [-0.25, -0.2) is 0 Å². The van der Waals surface area contributed by atoms with Crippen molar-refractivity contribution < 1.29 is 9.47 Å². The van der Waals surface area contributed by atoms with Crippen LogP contribution in [0.4, 0.5) is 0 Å². The number of methoxy groups -OCH3 is 2. The maximum Gasteiger partial charge on any atom is 0.133 e. The molecular formula is C16H20BrNO2S. The van der Waals surface area contributed by atoms with Crippen molar-refractivity contribution >= 4 is 27.3 Å². The van der Waals surface area contributed by atoms with Gasteiger partial charge in [0.2, 0.25) is 0 Å². The summed E-state index contributed by atoms with van der Waals surface area (Å²) in [7, 11) is 3.37. The van der Waals surface area contributed by atoms with E-state index in [1.165, 1.54) is 9.75 Å². The third-order valence-electron chi connectivity index (χ3n) is 3.27. The van der Waals surface area contributed by atoms with Crippen LogP contribution in [0.2, 0.25) is 0 Å². The zero-order valence-corrected chi connectivity index (χ0v) is 15.1. The predicted octanol–water partition coefficient (Wildman–Crippen LogP) is 4.54. The van der Waals surface area contributed by atoms with Crippen molar-refractivity contribution in [3.8, 4) is 11.5 Å². The van der Waals surface area contributed by atoms with Crippen LogP contribution in [-0.4, -0.2) is 20.8 Å². The summed E-state index contributed by atoms with van der Waals surface area (Å²) < 4.78 is 11.9. The minimum Gasteiger partial charge on any atom is -0.496 e. The second-order valence-corrected chi connectivity index (χ2v) is 6.84. The number of ether oxygens (including phenoxy) is 2. The Morgan fingerprint density at radius 3 is 2.43 bits per heavy atom. The Hall–Kier alpha value is -1.04. The molecule has 3 nitrogen and oxygen atoms in total. The Labute approximate surface area is 138 Å². The topological polar surface area (TPSA) is 30.5 Å². The van der Waals surface area contributed by atoms with Crippen LogP contribution in [0.1, 0.15) is 28.3 Å². The van der Waals surface area contributed by atoms with Gasteiger partial charge in [-0.05, 0) is 53.7 Å². The normalized spacial score (nSPS) is 12.2. The summed E-state index contributed by atoms with van der Waals surface area (Å²) in [5.74, 6) is 1.65. The van der Waals surface area contributed by atoms with Crippen molar-refractivity contribution in [3.05, 3.63) is 44.1 Å². The molecule has 1 aromatic carbocycles. The van der Waals surface area contributed by atoms with Crippen molar-refractivity contribution in [1.82, 2.24) is 5.32 Å². The molecule has 0 bridgehead atoms. The van der Waals surface area contributed by atoms with Gasteiger partial charge in [0.25, 0.3) is 0 Å². The molecule has 21 heavy (non-hydrogen) atoms. The Bertz CT molecular complexity index is 612. The first kappa shape index (κ1) is 16.3. The lowest BCUT2D eigenvalue weighted by Gasteiger charge is -2.21. The number of rotatable bonds is 6. The molecule has 0 aliphatic heterocycles. The molecule has 1 N–H and O–H groups in total. The Morgan fingerprint density at radius 1 is 1.19 bits per heavy atom. The van der Waals surface area contributed by atoms with Crippen molar-refractivity contribution in [2.24, 2.45) is 0 Å². The van der Waals surface area contributed by atoms with Crippen molar-refractivity contribution in [3.63, 3.8) is 0 Å². The highest BCUT2D eigenvalue weighted by Gasteiger charge is 2.21. The largest absolute Gasteiger partial charge is 0.496 e. The highest BCUT2D eigenvalue weighted by Crippen LogP contribution is 2.39. The Balaban J connectivity index is 2.53. The van der Waals surface area contributed by atoms with E-state index in [1.54, 1.807) is 25.6 Å². The average Bonchev–Trinajstić information content (AvgIpc) is 2.91. The third-order valence-corrected chi connectivity index (χ3v) is 4.95. The number of thiophene rings is 1. The summed E-state index contributed by atoms with van der Waals surface area (Å²) in [6.45, 7) is 5.11. The number of benzene rings is 1. The maximum atomic E-state index is 5.56. The van der Waals surface area contributed by atoms with E-state index in [4.69, 9.17) is 9.47 Å². The first-order chi connectivity index (χ1) is 10.1. The molecule has 2 aromatic rings. The van der Waals surface area contributed by atoms with Crippen LogP contribution in [0.3, 0.4) is 0 Å². The van der Waals surface area contributed by atoms with E-state index in [-0.39, 0.29) is 6.04 Å². The van der Waals surface area contributed by atoms with Crippen molar-refractivity contribution in [2.45, 2.75) is 19.9 Å². The molecule has 0 aliphatic rings. The number of aryl methyl sites for hydroxylation is 1. The van der Waals surface area contributed by atoms with Gasteiger partial charge in [0.05, 0.1) is 24.7 Å². The van der Waals surface area contributed by atoms with E-state index in [0.717, 1.165) is 28.1 Å².